The van der Waals surface area contributed by atoms with Crippen LogP contribution in [-0.4, -0.2) is 17.3 Å². The summed E-state index contributed by atoms with van der Waals surface area (Å²) in [5, 5.41) is 0.753. The SMILES string of the molecule is Cn1c(=O)c2c(c3ccccc31)OC(=O)CC2c1ccc2c(c1)OCO2. The number of nitrogens with zero attached hydrogens (tertiary/aromatic N) is 1. The van der Waals surface area contributed by atoms with Crippen LogP contribution in [-0.2, 0) is 11.8 Å². The Morgan fingerprint density at radius 2 is 1.85 bits per heavy atom. The van der Waals surface area contributed by atoms with Crippen molar-refractivity contribution in [1.29, 1.82) is 0 Å². The van der Waals surface area contributed by atoms with E-state index in [-0.39, 0.29) is 30.7 Å². The largest absolute Gasteiger partial charge is 0.454 e. The van der Waals surface area contributed by atoms with Gasteiger partial charge in [-0.1, -0.05) is 18.2 Å². The molecule has 0 bridgehead atoms. The summed E-state index contributed by atoms with van der Waals surface area (Å²) in [6, 6.07) is 12.9. The fourth-order valence-corrected chi connectivity index (χ4v) is 3.75. The zero-order valence-corrected chi connectivity index (χ0v) is 14.0. The van der Waals surface area contributed by atoms with E-state index in [2.05, 4.69) is 0 Å². The van der Waals surface area contributed by atoms with Crippen molar-refractivity contribution < 1.29 is 19.0 Å². The summed E-state index contributed by atoms with van der Waals surface area (Å²) >= 11 is 0. The first-order chi connectivity index (χ1) is 12.6. The molecule has 0 spiro atoms. The van der Waals surface area contributed by atoms with Gasteiger partial charge in [-0.3, -0.25) is 9.59 Å². The van der Waals surface area contributed by atoms with E-state index in [0.717, 1.165) is 16.5 Å². The van der Waals surface area contributed by atoms with Gasteiger partial charge < -0.3 is 18.8 Å². The van der Waals surface area contributed by atoms with Crippen molar-refractivity contribution in [2.75, 3.05) is 6.79 Å². The molecule has 0 N–H and O–H groups in total. The van der Waals surface area contributed by atoms with Gasteiger partial charge in [0.2, 0.25) is 6.79 Å². The van der Waals surface area contributed by atoms with Gasteiger partial charge in [-0.25, -0.2) is 0 Å². The van der Waals surface area contributed by atoms with E-state index in [1.165, 1.54) is 0 Å². The van der Waals surface area contributed by atoms with Crippen LogP contribution < -0.4 is 19.8 Å². The summed E-state index contributed by atoms with van der Waals surface area (Å²) in [6.07, 6.45) is 0.111. The molecule has 130 valence electrons. The number of fused-ring (bicyclic) bond motifs is 4. The molecule has 3 aromatic rings. The number of carbonyl (C=O) groups is 1. The number of ether oxygens (including phenoxy) is 3. The lowest BCUT2D eigenvalue weighted by Gasteiger charge is -2.26. The Morgan fingerprint density at radius 3 is 2.73 bits per heavy atom. The van der Waals surface area contributed by atoms with Crippen LogP contribution in [0.15, 0.2) is 47.3 Å². The van der Waals surface area contributed by atoms with Gasteiger partial charge in [-0.15, -0.1) is 0 Å². The van der Waals surface area contributed by atoms with Gasteiger partial charge in [0.15, 0.2) is 11.5 Å². The van der Waals surface area contributed by atoms with Gasteiger partial charge in [0.1, 0.15) is 5.75 Å². The Morgan fingerprint density at radius 1 is 1.04 bits per heavy atom. The lowest BCUT2D eigenvalue weighted by molar-refractivity contribution is -0.135. The summed E-state index contributed by atoms with van der Waals surface area (Å²) in [5.74, 6) is 0.921. The summed E-state index contributed by atoms with van der Waals surface area (Å²) < 4.78 is 17.9. The number of rotatable bonds is 1. The second-order valence-corrected chi connectivity index (χ2v) is 6.47. The Kier molecular flexibility index (Phi) is 3.09. The van der Waals surface area contributed by atoms with Gasteiger partial charge in [0, 0.05) is 18.4 Å². The van der Waals surface area contributed by atoms with Gasteiger partial charge >= 0.3 is 5.97 Å². The average molecular weight is 349 g/mol. The molecule has 1 atom stereocenters. The highest BCUT2D eigenvalue weighted by Gasteiger charge is 2.34. The van der Waals surface area contributed by atoms with E-state index in [1.807, 2.05) is 42.5 Å². The minimum absolute atomic E-state index is 0.111. The highest BCUT2D eigenvalue weighted by molar-refractivity contribution is 5.91. The minimum atomic E-state index is -0.385. The van der Waals surface area contributed by atoms with Crippen molar-refractivity contribution in [2.24, 2.45) is 7.05 Å². The molecule has 0 amide bonds. The van der Waals surface area contributed by atoms with Crippen LogP contribution in [0.25, 0.3) is 10.9 Å². The average Bonchev–Trinajstić information content (AvgIpc) is 3.13. The molecule has 1 unspecified atom stereocenters. The molecule has 0 radical (unpaired) electrons. The van der Waals surface area contributed by atoms with E-state index in [4.69, 9.17) is 14.2 Å². The lowest BCUT2D eigenvalue weighted by atomic mass is 9.86. The molecule has 0 saturated heterocycles. The van der Waals surface area contributed by atoms with Crippen molar-refractivity contribution >= 4 is 16.9 Å². The van der Waals surface area contributed by atoms with Crippen molar-refractivity contribution in [2.45, 2.75) is 12.3 Å². The maximum absolute atomic E-state index is 13.1. The monoisotopic (exact) mass is 349 g/mol. The fourth-order valence-electron chi connectivity index (χ4n) is 3.75. The third kappa shape index (κ3) is 2.05. The Hall–Kier alpha value is -3.28. The molecule has 2 aliphatic heterocycles. The van der Waals surface area contributed by atoms with E-state index < -0.39 is 0 Å². The second-order valence-electron chi connectivity index (χ2n) is 6.47. The smallest absolute Gasteiger partial charge is 0.312 e. The highest BCUT2D eigenvalue weighted by atomic mass is 16.7. The maximum Gasteiger partial charge on any atom is 0.312 e. The van der Waals surface area contributed by atoms with Crippen LogP contribution in [0.3, 0.4) is 0 Å². The van der Waals surface area contributed by atoms with E-state index in [9.17, 15) is 9.59 Å². The number of benzene rings is 2. The van der Waals surface area contributed by atoms with E-state index in [1.54, 1.807) is 11.6 Å². The van der Waals surface area contributed by atoms with Gasteiger partial charge in [0.05, 0.1) is 17.5 Å². The molecular weight excluding hydrogens is 334 g/mol. The van der Waals surface area contributed by atoms with Crippen LogP contribution in [0.4, 0.5) is 0 Å². The zero-order valence-electron chi connectivity index (χ0n) is 14.0. The van der Waals surface area contributed by atoms with E-state index >= 15 is 0 Å². The molecule has 2 aliphatic rings. The summed E-state index contributed by atoms with van der Waals surface area (Å²) in [5.41, 5.74) is 1.91. The fraction of sp³-hybridized carbons (Fsp3) is 0.200. The first-order valence-electron chi connectivity index (χ1n) is 8.35. The lowest BCUT2D eigenvalue weighted by Crippen LogP contribution is -2.31. The Bertz CT molecular complexity index is 1130. The first kappa shape index (κ1) is 15.0. The number of hydrogen-bond acceptors (Lipinski definition) is 5. The molecular formula is C20H15NO5. The van der Waals surface area contributed by atoms with Crippen LogP contribution >= 0.6 is 0 Å². The molecule has 3 heterocycles. The van der Waals surface area contributed by atoms with Gasteiger partial charge in [-0.05, 0) is 29.8 Å². The summed E-state index contributed by atoms with van der Waals surface area (Å²) in [7, 11) is 1.73. The molecule has 6 heteroatoms. The molecule has 26 heavy (non-hydrogen) atoms. The second kappa shape index (κ2) is 5.36. The summed E-state index contributed by atoms with van der Waals surface area (Å²) in [6.45, 7) is 0.175. The maximum atomic E-state index is 13.1. The van der Waals surface area contributed by atoms with Crippen molar-refractivity contribution in [3.05, 3.63) is 63.9 Å². The van der Waals surface area contributed by atoms with Crippen LogP contribution in [0, 0.1) is 0 Å². The van der Waals surface area contributed by atoms with E-state index in [0.29, 0.717) is 22.8 Å². The standard InChI is InChI=1S/C20H15NO5/c1-21-14-5-3-2-4-12(14)19-18(20(21)23)13(9-17(22)26-19)11-6-7-15-16(8-11)25-10-24-15/h2-8,13H,9-10H2,1H3. The third-order valence-corrected chi connectivity index (χ3v) is 5.02. The number of aryl methyl sites for hydroxylation is 1. The summed E-state index contributed by atoms with van der Waals surface area (Å²) in [4.78, 5) is 25.4. The molecule has 0 saturated carbocycles. The normalized spacial score (nSPS) is 17.9. The van der Waals surface area contributed by atoms with Crippen molar-refractivity contribution in [3.63, 3.8) is 0 Å². The van der Waals surface area contributed by atoms with Gasteiger partial charge in [0.25, 0.3) is 5.56 Å². The Balaban J connectivity index is 1.78. The number of pyridine rings is 1. The molecule has 1 aromatic heterocycles. The molecule has 2 aromatic carbocycles. The Labute approximate surface area is 148 Å². The van der Waals surface area contributed by atoms with Crippen LogP contribution in [0.5, 0.6) is 17.2 Å². The molecule has 5 rings (SSSR count). The number of hydrogen-bond donors (Lipinski definition) is 0. The zero-order chi connectivity index (χ0) is 17.8. The van der Waals surface area contributed by atoms with Crippen LogP contribution in [0.1, 0.15) is 23.5 Å². The third-order valence-electron chi connectivity index (χ3n) is 5.02. The predicted octanol–water partition coefficient (Wildman–Crippen LogP) is 2.71. The molecule has 0 aliphatic carbocycles. The van der Waals surface area contributed by atoms with Crippen LogP contribution in [0.2, 0.25) is 0 Å². The molecule has 0 fully saturated rings. The quantitative estimate of drug-likeness (QED) is 0.632. The molecule has 6 nitrogen and oxygen atoms in total. The van der Waals surface area contributed by atoms with Gasteiger partial charge in [-0.2, -0.15) is 0 Å². The number of para-hydroxylation sites is 1. The predicted molar refractivity (Wildman–Crippen MR) is 93.8 cm³/mol. The number of carbonyl (C=O) groups excluding carboxylic acids is 1. The minimum Gasteiger partial charge on any atom is -0.454 e. The highest BCUT2D eigenvalue weighted by Crippen LogP contribution is 2.43. The first-order valence-corrected chi connectivity index (χ1v) is 8.35. The topological polar surface area (TPSA) is 66.8 Å². The number of esters is 1. The van der Waals surface area contributed by atoms with Crippen molar-refractivity contribution in [1.82, 2.24) is 4.57 Å². The van der Waals surface area contributed by atoms with Crippen molar-refractivity contribution in [3.8, 4) is 17.2 Å². The number of aromatic nitrogens is 1.